The van der Waals surface area contributed by atoms with Crippen LogP contribution in [0, 0.1) is 0 Å². The van der Waals surface area contributed by atoms with E-state index in [-0.39, 0.29) is 36.4 Å². The van der Waals surface area contributed by atoms with Crippen molar-refractivity contribution in [3.05, 3.63) is 96.1 Å². The minimum absolute atomic E-state index is 0.0295. The number of amides is 1. The van der Waals surface area contributed by atoms with E-state index in [9.17, 15) is 18.4 Å². The van der Waals surface area contributed by atoms with E-state index in [2.05, 4.69) is 14.8 Å². The molecule has 1 aliphatic rings. The Morgan fingerprint density at radius 2 is 1.64 bits per heavy atom. The normalized spacial score (nSPS) is 13.9. The van der Waals surface area contributed by atoms with Crippen molar-refractivity contribution in [1.29, 1.82) is 0 Å². The van der Waals surface area contributed by atoms with Crippen molar-refractivity contribution < 1.29 is 37.7 Å². The van der Waals surface area contributed by atoms with Gasteiger partial charge < -0.3 is 24.6 Å². The summed E-state index contributed by atoms with van der Waals surface area (Å²) >= 11 is 0. The number of fused-ring (bicyclic) bond motifs is 2. The Balaban J connectivity index is 1.37. The quantitative estimate of drug-likeness (QED) is 0.199. The van der Waals surface area contributed by atoms with Crippen molar-refractivity contribution in [3.63, 3.8) is 0 Å². The second-order valence-corrected chi connectivity index (χ2v) is 10.3. The lowest BCUT2D eigenvalue weighted by atomic mass is 10.0. The number of nitrogens with zero attached hydrogens (tertiary/aromatic N) is 2. The summed E-state index contributed by atoms with van der Waals surface area (Å²) in [7, 11) is 1.62. The molecule has 0 fully saturated rings. The van der Waals surface area contributed by atoms with Crippen molar-refractivity contribution >= 4 is 22.6 Å². The highest BCUT2D eigenvalue weighted by atomic mass is 19.3. The van der Waals surface area contributed by atoms with Gasteiger partial charge in [0.25, 0.3) is 5.91 Å². The molecule has 1 amide bonds. The molecular formula is C33H27F2N3O6. The molecule has 0 saturated carbocycles. The lowest BCUT2D eigenvalue weighted by Crippen LogP contribution is -2.26. The predicted molar refractivity (Wildman–Crippen MR) is 158 cm³/mol. The molecule has 1 unspecified atom stereocenters. The average molecular weight is 600 g/mol. The zero-order valence-electron chi connectivity index (χ0n) is 23.7. The molecule has 0 saturated heterocycles. The predicted octanol–water partition coefficient (Wildman–Crippen LogP) is 6.51. The zero-order chi connectivity index (χ0) is 31.0. The molecule has 2 heterocycles. The Morgan fingerprint density at radius 1 is 0.932 bits per heavy atom. The molecule has 44 heavy (non-hydrogen) atoms. The van der Waals surface area contributed by atoms with Crippen molar-refractivity contribution in [2.75, 3.05) is 13.7 Å². The second-order valence-electron chi connectivity index (χ2n) is 10.3. The first-order valence-corrected chi connectivity index (χ1v) is 13.8. The third kappa shape index (κ3) is 5.76. The molecule has 11 heteroatoms. The number of carbonyl (C=O) groups excluding carboxylic acids is 1. The van der Waals surface area contributed by atoms with Crippen LogP contribution < -0.4 is 19.5 Å². The first-order valence-electron chi connectivity index (χ1n) is 13.8. The molecule has 0 bridgehead atoms. The van der Waals surface area contributed by atoms with E-state index >= 15 is 0 Å². The van der Waals surface area contributed by atoms with Gasteiger partial charge in [-0.15, -0.1) is 8.78 Å². The lowest BCUT2D eigenvalue weighted by molar-refractivity contribution is -0.286. The first-order chi connectivity index (χ1) is 21.1. The smallest absolute Gasteiger partial charge is 0.497 e. The fraction of sp³-hybridized carbons (Fsp3) is 0.182. The van der Waals surface area contributed by atoms with Crippen LogP contribution >= 0.6 is 0 Å². The Morgan fingerprint density at radius 3 is 2.39 bits per heavy atom. The number of hydrogen-bond acceptors (Lipinski definition) is 6. The second kappa shape index (κ2) is 11.3. The monoisotopic (exact) mass is 599 g/mol. The number of carboxylic acids is 1. The largest absolute Gasteiger partial charge is 0.586 e. The number of carbonyl (C=O) groups is 2. The maximum atomic E-state index is 13.7. The molecule has 2 N–H and O–H groups in total. The molecule has 0 spiro atoms. The highest BCUT2D eigenvalue weighted by Gasteiger charge is 2.43. The van der Waals surface area contributed by atoms with Gasteiger partial charge in [0, 0.05) is 23.2 Å². The number of halogens is 2. The minimum Gasteiger partial charge on any atom is -0.497 e. The molecule has 224 valence electrons. The topological polar surface area (TPSA) is 112 Å². The average Bonchev–Trinajstić information content (AvgIpc) is 3.59. The van der Waals surface area contributed by atoms with Crippen LogP contribution in [0.5, 0.6) is 17.2 Å². The number of aromatic nitrogens is 2. The number of aliphatic carboxylic acids is 1. The summed E-state index contributed by atoms with van der Waals surface area (Å²) in [6.45, 7) is 2.00. The number of carboxylic acid groups (broad SMARTS) is 1. The van der Waals surface area contributed by atoms with Gasteiger partial charge in [0.15, 0.2) is 11.5 Å². The van der Waals surface area contributed by atoms with Crippen LogP contribution in [0.15, 0.2) is 84.9 Å². The van der Waals surface area contributed by atoms with Gasteiger partial charge in [-0.25, -0.2) is 0 Å². The number of ether oxygens (including phenoxy) is 3. The Labute approximate surface area is 250 Å². The summed E-state index contributed by atoms with van der Waals surface area (Å²) < 4.78 is 43.8. The summed E-state index contributed by atoms with van der Waals surface area (Å²) in [6, 6.07) is 25.0. The molecule has 9 nitrogen and oxygen atoms in total. The van der Waals surface area contributed by atoms with Crippen molar-refractivity contribution in [1.82, 2.24) is 15.1 Å². The van der Waals surface area contributed by atoms with Crippen molar-refractivity contribution in [2.45, 2.75) is 25.7 Å². The van der Waals surface area contributed by atoms with E-state index in [1.165, 1.54) is 12.1 Å². The van der Waals surface area contributed by atoms with Gasteiger partial charge in [-0.1, -0.05) is 30.3 Å². The van der Waals surface area contributed by atoms with Gasteiger partial charge in [-0.3, -0.25) is 14.3 Å². The van der Waals surface area contributed by atoms with E-state index in [1.807, 2.05) is 66.2 Å². The molecule has 0 radical (unpaired) electrons. The molecule has 5 aromatic rings. The van der Waals surface area contributed by atoms with Crippen LogP contribution in [-0.2, 0) is 4.79 Å². The molecule has 0 aliphatic carbocycles. The number of hydrogen-bond donors (Lipinski definition) is 2. The van der Waals surface area contributed by atoms with Gasteiger partial charge in [-0.05, 0) is 77.9 Å². The molecule has 4 aromatic carbocycles. The van der Waals surface area contributed by atoms with Crippen molar-refractivity contribution in [3.8, 4) is 39.8 Å². The van der Waals surface area contributed by atoms with Gasteiger partial charge in [0.2, 0.25) is 0 Å². The number of methoxy groups -OCH3 is 1. The molecular weight excluding hydrogens is 572 g/mol. The van der Waals surface area contributed by atoms with E-state index in [4.69, 9.17) is 14.9 Å². The summed E-state index contributed by atoms with van der Waals surface area (Å²) in [5, 5.41) is 18.3. The van der Waals surface area contributed by atoms with Crippen LogP contribution in [0.1, 0.15) is 35.3 Å². The van der Waals surface area contributed by atoms with Gasteiger partial charge in [-0.2, -0.15) is 5.10 Å². The minimum atomic E-state index is -3.73. The Bertz CT molecular complexity index is 1890. The van der Waals surface area contributed by atoms with E-state index in [1.54, 1.807) is 25.3 Å². The zero-order valence-corrected chi connectivity index (χ0v) is 23.7. The molecule has 6 rings (SSSR count). The standard InChI is InChI=1S/C33H27F2N3O6/c1-19(20-3-5-21(6-4-20)32(41)36-14-13-31(39)40)38-28(25-8-7-23-16-26(42-2)11-9-22(23)15-25)18-27(37-38)24-10-12-29-30(17-24)44-33(34,35)43-29/h3-12,15-19H,13-14H2,1-2H3,(H,36,41)(H,39,40). The third-order valence-corrected chi connectivity index (χ3v) is 7.42. The number of alkyl halides is 2. The first kappa shape index (κ1) is 28.7. The molecule has 1 aliphatic heterocycles. The van der Waals surface area contributed by atoms with E-state index in [0.29, 0.717) is 16.8 Å². The van der Waals surface area contributed by atoms with Crippen LogP contribution in [-0.4, -0.2) is 46.7 Å². The maximum absolute atomic E-state index is 13.7. The fourth-order valence-corrected chi connectivity index (χ4v) is 5.10. The summed E-state index contributed by atoms with van der Waals surface area (Å²) in [6.07, 6.45) is -3.90. The SMILES string of the molecule is COc1ccc2cc(-c3cc(-c4ccc5c(c4)OC(F)(F)O5)nn3C(C)c3ccc(C(=O)NCCC(=O)O)cc3)ccc2c1. The van der Waals surface area contributed by atoms with E-state index < -0.39 is 12.3 Å². The van der Waals surface area contributed by atoms with Crippen LogP contribution in [0.2, 0.25) is 0 Å². The highest BCUT2D eigenvalue weighted by molar-refractivity contribution is 5.94. The summed E-state index contributed by atoms with van der Waals surface area (Å²) in [5.74, 6) is -0.738. The van der Waals surface area contributed by atoms with Crippen molar-refractivity contribution in [2.24, 2.45) is 0 Å². The van der Waals surface area contributed by atoms with Gasteiger partial charge in [0.1, 0.15) is 5.75 Å². The molecule has 1 atom stereocenters. The fourth-order valence-electron chi connectivity index (χ4n) is 5.10. The summed E-state index contributed by atoms with van der Waals surface area (Å²) in [5.41, 5.74) is 4.03. The molecule has 1 aromatic heterocycles. The van der Waals surface area contributed by atoms with Crippen LogP contribution in [0.3, 0.4) is 0 Å². The Kier molecular flexibility index (Phi) is 7.38. The number of rotatable bonds is 9. The summed E-state index contributed by atoms with van der Waals surface area (Å²) in [4.78, 5) is 23.2. The number of nitrogens with one attached hydrogen (secondary N) is 1. The highest BCUT2D eigenvalue weighted by Crippen LogP contribution is 2.43. The van der Waals surface area contributed by atoms with Crippen LogP contribution in [0.25, 0.3) is 33.3 Å². The lowest BCUT2D eigenvalue weighted by Gasteiger charge is -2.17. The Hall–Kier alpha value is -5.45. The van der Waals surface area contributed by atoms with Gasteiger partial charge in [0.05, 0.1) is 31.0 Å². The van der Waals surface area contributed by atoms with E-state index in [0.717, 1.165) is 33.3 Å². The third-order valence-electron chi connectivity index (χ3n) is 7.42. The van der Waals surface area contributed by atoms with Gasteiger partial charge >= 0.3 is 12.3 Å². The van der Waals surface area contributed by atoms with Crippen LogP contribution in [0.4, 0.5) is 8.78 Å². The maximum Gasteiger partial charge on any atom is 0.586 e. The number of benzene rings is 4.